The highest BCUT2D eigenvalue weighted by Gasteiger charge is 2.38. The van der Waals surface area contributed by atoms with Crippen molar-refractivity contribution >= 4 is 15.7 Å². The highest BCUT2D eigenvalue weighted by Crippen LogP contribution is 2.47. The fourth-order valence-corrected chi connectivity index (χ4v) is 6.44. The van der Waals surface area contributed by atoms with E-state index in [0.717, 1.165) is 30.8 Å². The Balaban J connectivity index is 1.41. The molecule has 34 heavy (non-hydrogen) atoms. The summed E-state index contributed by atoms with van der Waals surface area (Å²) in [5.41, 5.74) is 0.530. The van der Waals surface area contributed by atoms with Crippen molar-refractivity contribution in [3.8, 4) is 5.75 Å². The van der Waals surface area contributed by atoms with E-state index in [1.807, 2.05) is 24.3 Å². The Morgan fingerprint density at radius 2 is 1.82 bits per heavy atom. The van der Waals surface area contributed by atoms with E-state index >= 15 is 0 Å². The van der Waals surface area contributed by atoms with Gasteiger partial charge in [-0.1, -0.05) is 39.5 Å². The quantitative estimate of drug-likeness (QED) is 0.365. The lowest BCUT2D eigenvalue weighted by Crippen LogP contribution is -2.40. The van der Waals surface area contributed by atoms with E-state index in [-0.39, 0.29) is 30.0 Å². The molecule has 1 amide bonds. The zero-order valence-electron chi connectivity index (χ0n) is 20.4. The molecule has 0 radical (unpaired) electrons. The number of hydrogen-bond acceptors (Lipinski definition) is 5. The van der Waals surface area contributed by atoms with Crippen LogP contribution in [0.3, 0.4) is 0 Å². The van der Waals surface area contributed by atoms with Gasteiger partial charge in [0, 0.05) is 17.5 Å². The minimum Gasteiger partial charge on any atom is -0.494 e. The second kappa shape index (κ2) is 11.0. The topological polar surface area (TPSA) is 76.8 Å². The van der Waals surface area contributed by atoms with E-state index in [1.165, 1.54) is 19.3 Å². The molecule has 1 aromatic heterocycles. The van der Waals surface area contributed by atoms with E-state index in [2.05, 4.69) is 13.8 Å². The van der Waals surface area contributed by atoms with Crippen molar-refractivity contribution in [1.82, 2.24) is 4.90 Å². The van der Waals surface area contributed by atoms with E-state index < -0.39 is 9.84 Å². The monoisotopic (exact) mass is 487 g/mol. The van der Waals surface area contributed by atoms with E-state index in [9.17, 15) is 13.2 Å². The Labute approximate surface area is 203 Å². The number of amides is 1. The number of furan rings is 1. The Hall–Kier alpha value is -2.28. The van der Waals surface area contributed by atoms with Crippen LogP contribution in [0.25, 0.3) is 0 Å². The summed E-state index contributed by atoms with van der Waals surface area (Å²) >= 11 is 0. The normalized spacial score (nSPS) is 23.1. The molecule has 3 unspecified atom stereocenters. The first-order valence-corrected chi connectivity index (χ1v) is 14.5. The van der Waals surface area contributed by atoms with Gasteiger partial charge in [-0.25, -0.2) is 8.42 Å². The van der Waals surface area contributed by atoms with Crippen LogP contribution in [-0.2, 0) is 16.4 Å². The molecule has 1 aromatic carbocycles. The third kappa shape index (κ3) is 6.44. The number of hydrogen-bond donors (Lipinski definition) is 0. The van der Waals surface area contributed by atoms with Crippen LogP contribution in [0.2, 0.25) is 0 Å². The molecule has 7 heteroatoms. The summed E-state index contributed by atoms with van der Waals surface area (Å²) in [5, 5.41) is 0. The van der Waals surface area contributed by atoms with Crippen molar-refractivity contribution in [3.63, 3.8) is 0 Å². The van der Waals surface area contributed by atoms with Crippen molar-refractivity contribution in [2.75, 3.05) is 18.1 Å². The average molecular weight is 488 g/mol. The molecule has 3 atom stereocenters. The zero-order valence-corrected chi connectivity index (χ0v) is 21.2. The molecular formula is C27H37NO5S. The largest absolute Gasteiger partial charge is 0.494 e. The van der Waals surface area contributed by atoms with Gasteiger partial charge in [0.2, 0.25) is 0 Å². The van der Waals surface area contributed by atoms with Gasteiger partial charge in [0.05, 0.1) is 24.7 Å². The van der Waals surface area contributed by atoms with Gasteiger partial charge in [-0.15, -0.1) is 0 Å². The van der Waals surface area contributed by atoms with Crippen molar-refractivity contribution < 1.29 is 22.4 Å². The molecule has 1 saturated carbocycles. The average Bonchev–Trinajstić information content (AvgIpc) is 3.19. The predicted octanol–water partition coefficient (Wildman–Crippen LogP) is 5.58. The maximum atomic E-state index is 13.5. The van der Waals surface area contributed by atoms with E-state index in [0.29, 0.717) is 36.2 Å². The minimum atomic E-state index is -3.12. The van der Waals surface area contributed by atoms with Crippen LogP contribution in [-0.4, -0.2) is 43.4 Å². The molecule has 2 aromatic rings. The van der Waals surface area contributed by atoms with Gasteiger partial charge in [0.25, 0.3) is 5.91 Å². The Morgan fingerprint density at radius 1 is 1.09 bits per heavy atom. The second-order valence-corrected chi connectivity index (χ2v) is 12.1. The van der Waals surface area contributed by atoms with Crippen LogP contribution in [0, 0.1) is 5.92 Å². The van der Waals surface area contributed by atoms with Crippen LogP contribution < -0.4 is 4.74 Å². The second-order valence-electron chi connectivity index (χ2n) is 9.90. The molecule has 1 saturated heterocycles. The third-order valence-electron chi connectivity index (χ3n) is 7.01. The van der Waals surface area contributed by atoms with Gasteiger partial charge in [-0.2, -0.15) is 0 Å². The smallest absolute Gasteiger partial charge is 0.254 e. The summed E-state index contributed by atoms with van der Waals surface area (Å²) in [5.74, 6) is 3.46. The number of ether oxygens (including phenoxy) is 1. The first-order valence-electron chi connectivity index (χ1n) is 12.7. The summed E-state index contributed by atoms with van der Waals surface area (Å²) in [6.07, 6.45) is 7.49. The first kappa shape index (κ1) is 24.8. The molecule has 186 valence electrons. The summed E-state index contributed by atoms with van der Waals surface area (Å²) in [6, 6.07) is 10.7. The molecule has 1 aliphatic heterocycles. The fraction of sp³-hybridized carbons (Fsp3) is 0.593. The van der Waals surface area contributed by atoms with Gasteiger partial charge in [-0.05, 0) is 61.6 Å². The molecule has 4 rings (SSSR count). The number of carbonyl (C=O) groups excluding carboxylic acids is 1. The van der Waals surface area contributed by atoms with Crippen molar-refractivity contribution in [3.05, 3.63) is 53.5 Å². The highest BCUT2D eigenvalue weighted by atomic mass is 32.2. The standard InChI is InChI=1S/C27H37NO5S/c1-3-4-5-6-7-15-32-23-10-8-21(9-11-23)27(29)28(22-14-16-34(30,31)19-22)18-24-12-13-26(33-24)25-17-20(25)2/h8-13,20,22,25H,3-7,14-19H2,1-2H3. The Bertz CT molecular complexity index is 1060. The molecule has 2 heterocycles. The van der Waals surface area contributed by atoms with Gasteiger partial charge >= 0.3 is 0 Å². The van der Waals surface area contributed by atoms with Gasteiger partial charge < -0.3 is 14.1 Å². The number of rotatable bonds is 12. The summed E-state index contributed by atoms with van der Waals surface area (Å²) in [6.45, 7) is 5.35. The minimum absolute atomic E-state index is 0.00515. The predicted molar refractivity (Wildman–Crippen MR) is 133 cm³/mol. The maximum Gasteiger partial charge on any atom is 0.254 e. The Morgan fingerprint density at radius 3 is 2.47 bits per heavy atom. The molecule has 0 bridgehead atoms. The molecule has 0 N–H and O–H groups in total. The van der Waals surface area contributed by atoms with Crippen LogP contribution in [0.5, 0.6) is 5.75 Å². The van der Waals surface area contributed by atoms with Crippen molar-refractivity contribution in [2.45, 2.75) is 77.3 Å². The maximum absolute atomic E-state index is 13.5. The Kier molecular flexibility index (Phi) is 8.02. The first-order chi connectivity index (χ1) is 16.4. The lowest BCUT2D eigenvalue weighted by atomic mass is 10.1. The van der Waals surface area contributed by atoms with Crippen molar-refractivity contribution in [1.29, 1.82) is 0 Å². The number of sulfone groups is 1. The van der Waals surface area contributed by atoms with E-state index in [1.54, 1.807) is 17.0 Å². The molecule has 2 aliphatic rings. The van der Waals surface area contributed by atoms with Crippen LogP contribution >= 0.6 is 0 Å². The van der Waals surface area contributed by atoms with Gasteiger partial charge in [0.15, 0.2) is 9.84 Å². The molecule has 1 aliphatic carbocycles. The highest BCUT2D eigenvalue weighted by molar-refractivity contribution is 7.91. The number of carbonyl (C=O) groups is 1. The lowest BCUT2D eigenvalue weighted by Gasteiger charge is -2.27. The van der Waals surface area contributed by atoms with Crippen LogP contribution in [0.1, 0.15) is 86.6 Å². The number of nitrogens with zero attached hydrogens (tertiary/aromatic N) is 1. The summed E-state index contributed by atoms with van der Waals surface area (Å²) in [4.78, 5) is 15.1. The van der Waals surface area contributed by atoms with Crippen molar-refractivity contribution in [2.24, 2.45) is 5.92 Å². The van der Waals surface area contributed by atoms with Crippen LogP contribution in [0.15, 0.2) is 40.8 Å². The molecule has 2 fully saturated rings. The van der Waals surface area contributed by atoms with Crippen LogP contribution in [0.4, 0.5) is 0 Å². The fourth-order valence-electron chi connectivity index (χ4n) is 4.71. The molecule has 0 spiro atoms. The molecule has 6 nitrogen and oxygen atoms in total. The van der Waals surface area contributed by atoms with E-state index in [4.69, 9.17) is 9.15 Å². The summed E-state index contributed by atoms with van der Waals surface area (Å²) in [7, 11) is -3.12. The molecular weight excluding hydrogens is 450 g/mol. The third-order valence-corrected chi connectivity index (χ3v) is 8.76. The number of unbranched alkanes of at least 4 members (excludes halogenated alkanes) is 4. The van der Waals surface area contributed by atoms with Gasteiger partial charge in [-0.3, -0.25) is 4.79 Å². The van der Waals surface area contributed by atoms with Gasteiger partial charge in [0.1, 0.15) is 17.3 Å². The summed E-state index contributed by atoms with van der Waals surface area (Å²) < 4.78 is 36.2. The zero-order chi connectivity index (χ0) is 24.1. The number of benzene rings is 1. The SMILES string of the molecule is CCCCCCCOc1ccc(C(=O)N(Cc2ccc(C3CC3C)o2)C2CCS(=O)(=O)C2)cc1. The lowest BCUT2D eigenvalue weighted by molar-refractivity contribution is 0.0665.